The van der Waals surface area contributed by atoms with E-state index in [0.717, 1.165) is 25.0 Å². The highest BCUT2D eigenvalue weighted by Gasteiger charge is 2.46. The van der Waals surface area contributed by atoms with E-state index in [1.807, 2.05) is 6.92 Å². The molecule has 2 fully saturated rings. The van der Waals surface area contributed by atoms with Crippen molar-refractivity contribution >= 4 is 17.7 Å². The summed E-state index contributed by atoms with van der Waals surface area (Å²) >= 11 is 0. The van der Waals surface area contributed by atoms with Gasteiger partial charge in [0.05, 0.1) is 12.5 Å². The van der Waals surface area contributed by atoms with E-state index in [9.17, 15) is 19.5 Å². The van der Waals surface area contributed by atoms with Crippen molar-refractivity contribution in [2.24, 2.45) is 17.8 Å². The lowest BCUT2D eigenvalue weighted by Crippen LogP contribution is -2.30. The summed E-state index contributed by atoms with van der Waals surface area (Å²) in [5.41, 5.74) is 0.562. The van der Waals surface area contributed by atoms with Crippen LogP contribution in [0.1, 0.15) is 49.4 Å². The lowest BCUT2D eigenvalue weighted by molar-refractivity contribution is -0.142. The van der Waals surface area contributed by atoms with Crippen LogP contribution in [0, 0.1) is 17.8 Å². The van der Waals surface area contributed by atoms with Crippen molar-refractivity contribution in [1.82, 2.24) is 4.90 Å². The van der Waals surface area contributed by atoms with Crippen LogP contribution >= 0.6 is 0 Å². The van der Waals surface area contributed by atoms with Crippen LogP contribution in [0.15, 0.2) is 24.3 Å². The molecule has 1 aliphatic heterocycles. The van der Waals surface area contributed by atoms with Gasteiger partial charge in [0.1, 0.15) is 5.75 Å². The second-order valence-electron chi connectivity index (χ2n) is 7.54. The number of ether oxygens (including phenoxy) is 1. The van der Waals surface area contributed by atoms with Gasteiger partial charge in [0.25, 0.3) is 0 Å². The minimum absolute atomic E-state index is 0.0674. The topological polar surface area (TPSA) is 83.9 Å². The number of benzene rings is 1. The normalized spacial score (nSPS) is 21.9. The molecule has 1 heterocycles. The molecule has 1 amide bonds. The third-order valence-electron chi connectivity index (χ3n) is 5.48. The maximum absolute atomic E-state index is 12.5. The van der Waals surface area contributed by atoms with Gasteiger partial charge >= 0.3 is 5.97 Å². The molecule has 0 bridgehead atoms. The number of ketones is 1. The lowest BCUT2D eigenvalue weighted by Gasteiger charge is -2.16. The van der Waals surface area contributed by atoms with Gasteiger partial charge in [0, 0.05) is 31.5 Å². The fourth-order valence-corrected chi connectivity index (χ4v) is 3.78. The van der Waals surface area contributed by atoms with Crippen molar-refractivity contribution < 1.29 is 24.2 Å². The second kappa shape index (κ2) is 8.55. The zero-order valence-electron chi connectivity index (χ0n) is 15.7. The van der Waals surface area contributed by atoms with Crippen LogP contribution in [0.5, 0.6) is 5.75 Å². The van der Waals surface area contributed by atoms with Gasteiger partial charge in [-0.3, -0.25) is 14.4 Å². The fourth-order valence-electron chi connectivity index (χ4n) is 3.78. The molecule has 6 nitrogen and oxygen atoms in total. The first-order chi connectivity index (χ1) is 13.0. The maximum Gasteiger partial charge on any atom is 0.308 e. The van der Waals surface area contributed by atoms with E-state index >= 15 is 0 Å². The summed E-state index contributed by atoms with van der Waals surface area (Å²) in [5, 5.41) is 9.40. The molecule has 2 aliphatic rings. The molecule has 0 radical (unpaired) electrons. The van der Waals surface area contributed by atoms with Crippen molar-refractivity contribution in [3.63, 3.8) is 0 Å². The Morgan fingerprint density at radius 3 is 2.41 bits per heavy atom. The zero-order chi connectivity index (χ0) is 19.4. The standard InChI is InChI=1S/C21H27NO5/c1-2-11-27-16-7-5-15(6-8-16)19(23)9-10-20(24)22-12-17(14-3-4-14)18(13-22)21(25)26/h5-8,14,17-18H,2-4,9-13H2,1H3,(H,25,26)/t17-,18+/m1/s1. The quantitative estimate of drug-likeness (QED) is 0.673. The predicted octanol–water partition coefficient (Wildman–Crippen LogP) is 3.01. The third-order valence-corrected chi connectivity index (χ3v) is 5.48. The number of aliphatic carboxylic acids is 1. The van der Waals surface area contributed by atoms with Crippen LogP contribution in [0.2, 0.25) is 0 Å². The lowest BCUT2D eigenvalue weighted by atomic mass is 9.92. The molecule has 0 spiro atoms. The summed E-state index contributed by atoms with van der Waals surface area (Å²) in [6, 6.07) is 6.97. The average Bonchev–Trinajstić information content (AvgIpc) is 3.42. The first kappa shape index (κ1) is 19.4. The highest BCUT2D eigenvalue weighted by atomic mass is 16.5. The Kier molecular flexibility index (Phi) is 6.14. The van der Waals surface area contributed by atoms with Gasteiger partial charge in [0.2, 0.25) is 5.91 Å². The van der Waals surface area contributed by atoms with Crippen molar-refractivity contribution in [3.8, 4) is 5.75 Å². The van der Waals surface area contributed by atoms with Crippen molar-refractivity contribution in [2.75, 3.05) is 19.7 Å². The molecule has 3 rings (SSSR count). The van der Waals surface area contributed by atoms with Crippen LogP contribution in [-0.4, -0.2) is 47.4 Å². The SMILES string of the molecule is CCCOc1ccc(C(=O)CCC(=O)N2C[C@H](C(=O)O)[C@@H](C3CC3)C2)cc1. The van der Waals surface area contributed by atoms with Crippen LogP contribution in [0.25, 0.3) is 0 Å². The Morgan fingerprint density at radius 1 is 1.11 bits per heavy atom. The number of carbonyl (C=O) groups is 3. The Balaban J connectivity index is 1.50. The monoisotopic (exact) mass is 373 g/mol. The number of carboxylic acid groups (broad SMARTS) is 1. The molecule has 1 N–H and O–H groups in total. The Bertz CT molecular complexity index is 695. The van der Waals surface area contributed by atoms with Crippen LogP contribution in [0.3, 0.4) is 0 Å². The Labute approximate surface area is 159 Å². The van der Waals surface area contributed by atoms with Crippen molar-refractivity contribution in [2.45, 2.75) is 39.0 Å². The number of hydrogen-bond donors (Lipinski definition) is 1. The maximum atomic E-state index is 12.5. The molecule has 6 heteroatoms. The summed E-state index contributed by atoms with van der Waals surface area (Å²) < 4.78 is 5.50. The summed E-state index contributed by atoms with van der Waals surface area (Å²) in [7, 11) is 0. The summed E-state index contributed by atoms with van der Waals surface area (Å²) in [4.78, 5) is 37.9. The minimum Gasteiger partial charge on any atom is -0.494 e. The number of carbonyl (C=O) groups excluding carboxylic acids is 2. The first-order valence-corrected chi connectivity index (χ1v) is 9.76. The summed E-state index contributed by atoms with van der Waals surface area (Å²) in [6.45, 7) is 3.45. The number of carboxylic acids is 1. The molecule has 1 saturated carbocycles. The fraction of sp³-hybridized carbons (Fsp3) is 0.571. The molecular formula is C21H27NO5. The van der Waals surface area contributed by atoms with E-state index < -0.39 is 11.9 Å². The molecule has 1 aliphatic carbocycles. The molecule has 1 aromatic carbocycles. The van der Waals surface area contributed by atoms with E-state index in [1.54, 1.807) is 29.2 Å². The predicted molar refractivity (Wildman–Crippen MR) is 99.7 cm³/mol. The van der Waals surface area contributed by atoms with Crippen molar-refractivity contribution in [1.29, 1.82) is 0 Å². The molecule has 0 aromatic heterocycles. The summed E-state index contributed by atoms with van der Waals surface area (Å²) in [6.07, 6.45) is 3.30. The van der Waals surface area contributed by atoms with Gasteiger partial charge in [-0.05, 0) is 55.4 Å². The van der Waals surface area contributed by atoms with E-state index in [4.69, 9.17) is 4.74 Å². The molecule has 2 atom stereocenters. The van der Waals surface area contributed by atoms with E-state index in [-0.39, 0.29) is 37.0 Å². The Hall–Kier alpha value is -2.37. The first-order valence-electron chi connectivity index (χ1n) is 9.76. The van der Waals surface area contributed by atoms with Crippen LogP contribution < -0.4 is 4.74 Å². The number of hydrogen-bond acceptors (Lipinski definition) is 4. The second-order valence-corrected chi connectivity index (χ2v) is 7.54. The average molecular weight is 373 g/mol. The van der Waals surface area contributed by atoms with Gasteiger partial charge in [-0.15, -0.1) is 0 Å². The van der Waals surface area contributed by atoms with E-state index in [1.165, 1.54) is 0 Å². The molecule has 1 saturated heterocycles. The molecule has 1 aromatic rings. The van der Waals surface area contributed by atoms with Gasteiger partial charge in [-0.25, -0.2) is 0 Å². The van der Waals surface area contributed by atoms with E-state index in [2.05, 4.69) is 0 Å². The highest BCUT2D eigenvalue weighted by Crippen LogP contribution is 2.44. The summed E-state index contributed by atoms with van der Waals surface area (Å²) in [5.74, 6) is -0.251. The van der Waals surface area contributed by atoms with Crippen LogP contribution in [-0.2, 0) is 9.59 Å². The molecule has 0 unspecified atom stereocenters. The minimum atomic E-state index is -0.816. The number of nitrogens with zero attached hydrogens (tertiary/aromatic N) is 1. The largest absolute Gasteiger partial charge is 0.494 e. The third kappa shape index (κ3) is 4.87. The van der Waals surface area contributed by atoms with Gasteiger partial charge in [-0.1, -0.05) is 6.92 Å². The van der Waals surface area contributed by atoms with Gasteiger partial charge < -0.3 is 14.7 Å². The van der Waals surface area contributed by atoms with Crippen molar-refractivity contribution in [3.05, 3.63) is 29.8 Å². The highest BCUT2D eigenvalue weighted by molar-refractivity contribution is 5.98. The van der Waals surface area contributed by atoms with Gasteiger partial charge in [0.15, 0.2) is 5.78 Å². The smallest absolute Gasteiger partial charge is 0.308 e. The van der Waals surface area contributed by atoms with Gasteiger partial charge in [-0.2, -0.15) is 0 Å². The molecule has 146 valence electrons. The zero-order valence-corrected chi connectivity index (χ0v) is 15.7. The molecular weight excluding hydrogens is 346 g/mol. The number of rotatable bonds is 9. The number of likely N-dealkylation sites (tertiary alicyclic amines) is 1. The molecule has 27 heavy (non-hydrogen) atoms. The van der Waals surface area contributed by atoms with Crippen LogP contribution in [0.4, 0.5) is 0 Å². The number of amides is 1. The Morgan fingerprint density at radius 2 is 1.81 bits per heavy atom. The van der Waals surface area contributed by atoms with E-state index in [0.29, 0.717) is 24.6 Å². The number of Topliss-reactive ketones (excluding diaryl/α,β-unsaturated/α-hetero) is 1.